The zero-order chi connectivity index (χ0) is 14.3. The summed E-state index contributed by atoms with van der Waals surface area (Å²) in [5.41, 5.74) is 0.610. The molecule has 1 aromatic carbocycles. The van der Waals surface area contributed by atoms with E-state index in [1.54, 1.807) is 6.07 Å². The number of benzene rings is 1. The van der Waals surface area contributed by atoms with E-state index in [0.717, 1.165) is 36.7 Å². The van der Waals surface area contributed by atoms with Crippen molar-refractivity contribution in [1.29, 1.82) is 0 Å². The Morgan fingerprint density at radius 2 is 1.95 bits per heavy atom. The molecule has 0 spiro atoms. The minimum atomic E-state index is -4.30. The van der Waals surface area contributed by atoms with Crippen LogP contribution >= 0.6 is 0 Å². The standard InChI is InChI=1S/C14H19F3N2/c1-13(7-4-8-18-13)11-9-10(14(15,16)17)5-6-12(11)19(2)3/h5-6,9,18H,4,7-8H2,1-3H3. The van der Waals surface area contributed by atoms with Crippen LogP contribution in [0.1, 0.15) is 30.9 Å². The van der Waals surface area contributed by atoms with Crippen LogP contribution in [0.25, 0.3) is 0 Å². The monoisotopic (exact) mass is 272 g/mol. The highest BCUT2D eigenvalue weighted by Crippen LogP contribution is 2.40. The SMILES string of the molecule is CN(C)c1ccc(C(F)(F)F)cc1C1(C)CCCN1. The zero-order valence-corrected chi connectivity index (χ0v) is 11.4. The Balaban J connectivity index is 2.54. The Morgan fingerprint density at radius 3 is 2.42 bits per heavy atom. The lowest BCUT2D eigenvalue weighted by Crippen LogP contribution is -2.35. The number of hydrogen-bond donors (Lipinski definition) is 1. The van der Waals surface area contributed by atoms with Gasteiger partial charge in [-0.25, -0.2) is 0 Å². The van der Waals surface area contributed by atoms with E-state index in [1.165, 1.54) is 6.07 Å². The molecule has 1 fully saturated rings. The first-order valence-electron chi connectivity index (χ1n) is 6.38. The maximum Gasteiger partial charge on any atom is 0.416 e. The number of anilines is 1. The van der Waals surface area contributed by atoms with Gasteiger partial charge in [-0.05, 0) is 50.1 Å². The predicted octanol–water partition coefficient (Wildman–Crippen LogP) is 3.37. The van der Waals surface area contributed by atoms with Gasteiger partial charge >= 0.3 is 6.18 Å². The molecule has 2 rings (SSSR count). The second kappa shape index (κ2) is 4.71. The molecular formula is C14H19F3N2. The van der Waals surface area contributed by atoms with Gasteiger partial charge in [-0.1, -0.05) is 0 Å². The van der Waals surface area contributed by atoms with Crippen LogP contribution in [-0.2, 0) is 11.7 Å². The Bertz CT molecular complexity index is 460. The molecule has 1 saturated heterocycles. The van der Waals surface area contributed by atoms with Gasteiger partial charge in [0.25, 0.3) is 0 Å². The fourth-order valence-electron chi connectivity index (χ4n) is 2.67. The molecule has 1 aliphatic rings. The van der Waals surface area contributed by atoms with Crippen molar-refractivity contribution in [2.75, 3.05) is 25.5 Å². The number of hydrogen-bond acceptors (Lipinski definition) is 2. The van der Waals surface area contributed by atoms with Crippen LogP contribution in [0.3, 0.4) is 0 Å². The van der Waals surface area contributed by atoms with Gasteiger partial charge in [0.1, 0.15) is 0 Å². The van der Waals surface area contributed by atoms with Gasteiger partial charge in [0.2, 0.25) is 0 Å². The molecule has 1 heterocycles. The van der Waals surface area contributed by atoms with Crippen molar-refractivity contribution in [3.8, 4) is 0 Å². The number of nitrogens with one attached hydrogen (secondary N) is 1. The van der Waals surface area contributed by atoms with E-state index in [4.69, 9.17) is 0 Å². The van der Waals surface area contributed by atoms with Crippen molar-refractivity contribution in [2.24, 2.45) is 0 Å². The van der Waals surface area contributed by atoms with Gasteiger partial charge in [-0.15, -0.1) is 0 Å². The quantitative estimate of drug-likeness (QED) is 0.888. The molecule has 1 unspecified atom stereocenters. The highest BCUT2D eigenvalue weighted by Gasteiger charge is 2.36. The van der Waals surface area contributed by atoms with E-state index in [1.807, 2.05) is 25.9 Å². The van der Waals surface area contributed by atoms with Crippen LogP contribution in [-0.4, -0.2) is 20.6 Å². The molecule has 0 bridgehead atoms. The summed E-state index contributed by atoms with van der Waals surface area (Å²) in [7, 11) is 3.70. The number of halogens is 3. The lowest BCUT2D eigenvalue weighted by molar-refractivity contribution is -0.137. The first-order chi connectivity index (χ1) is 8.74. The molecule has 0 aliphatic carbocycles. The molecule has 0 aromatic heterocycles. The zero-order valence-electron chi connectivity index (χ0n) is 11.4. The summed E-state index contributed by atoms with van der Waals surface area (Å²) in [5, 5.41) is 3.33. The predicted molar refractivity (Wildman–Crippen MR) is 70.4 cm³/mol. The Kier molecular flexibility index (Phi) is 3.51. The molecule has 106 valence electrons. The fraction of sp³-hybridized carbons (Fsp3) is 0.571. The van der Waals surface area contributed by atoms with Crippen molar-refractivity contribution in [3.63, 3.8) is 0 Å². The van der Waals surface area contributed by atoms with Crippen molar-refractivity contribution >= 4 is 5.69 Å². The molecule has 5 heteroatoms. The Morgan fingerprint density at radius 1 is 1.26 bits per heavy atom. The van der Waals surface area contributed by atoms with E-state index in [9.17, 15) is 13.2 Å². The number of rotatable bonds is 2. The third-order valence-electron chi connectivity index (χ3n) is 3.77. The molecule has 1 atom stereocenters. The van der Waals surface area contributed by atoms with E-state index < -0.39 is 11.7 Å². The van der Waals surface area contributed by atoms with Gasteiger partial charge in [-0.3, -0.25) is 0 Å². The van der Waals surface area contributed by atoms with Crippen molar-refractivity contribution in [1.82, 2.24) is 5.32 Å². The molecule has 0 amide bonds. The normalized spacial score (nSPS) is 23.7. The maximum atomic E-state index is 12.9. The van der Waals surface area contributed by atoms with E-state index >= 15 is 0 Å². The molecule has 2 nitrogen and oxygen atoms in total. The summed E-state index contributed by atoms with van der Waals surface area (Å²) in [6.07, 6.45) is -2.46. The third-order valence-corrected chi connectivity index (χ3v) is 3.77. The third kappa shape index (κ3) is 2.71. The maximum absolute atomic E-state index is 12.9. The van der Waals surface area contributed by atoms with Gasteiger partial charge in [0.15, 0.2) is 0 Å². The second-order valence-electron chi connectivity index (χ2n) is 5.49. The summed E-state index contributed by atoms with van der Waals surface area (Å²) in [6, 6.07) is 3.99. The summed E-state index contributed by atoms with van der Waals surface area (Å²) in [6.45, 7) is 2.82. The lowest BCUT2D eigenvalue weighted by atomic mass is 9.87. The van der Waals surface area contributed by atoms with Gasteiger partial charge in [0.05, 0.1) is 5.56 Å². The minimum Gasteiger partial charge on any atom is -0.377 e. The second-order valence-corrected chi connectivity index (χ2v) is 5.49. The van der Waals surface area contributed by atoms with E-state index in [-0.39, 0.29) is 5.54 Å². The highest BCUT2D eigenvalue weighted by molar-refractivity contribution is 5.57. The van der Waals surface area contributed by atoms with E-state index in [0.29, 0.717) is 0 Å². The molecule has 0 radical (unpaired) electrons. The number of nitrogens with zero attached hydrogens (tertiary/aromatic N) is 1. The molecular weight excluding hydrogens is 253 g/mol. The van der Waals surface area contributed by atoms with Crippen LogP contribution < -0.4 is 10.2 Å². The first-order valence-corrected chi connectivity index (χ1v) is 6.38. The molecule has 0 saturated carbocycles. The van der Waals surface area contributed by atoms with Crippen molar-refractivity contribution in [2.45, 2.75) is 31.5 Å². The average molecular weight is 272 g/mol. The average Bonchev–Trinajstić information content (AvgIpc) is 2.75. The molecule has 1 N–H and O–H groups in total. The lowest BCUT2D eigenvalue weighted by Gasteiger charge is -2.31. The van der Waals surface area contributed by atoms with Crippen molar-refractivity contribution < 1.29 is 13.2 Å². The Labute approximate surface area is 111 Å². The van der Waals surface area contributed by atoms with E-state index in [2.05, 4.69) is 5.32 Å². The smallest absolute Gasteiger partial charge is 0.377 e. The summed E-state index contributed by atoms with van der Waals surface area (Å²) < 4.78 is 38.6. The molecule has 1 aliphatic heterocycles. The largest absolute Gasteiger partial charge is 0.416 e. The highest BCUT2D eigenvalue weighted by atomic mass is 19.4. The summed E-state index contributed by atoms with van der Waals surface area (Å²) in [5.74, 6) is 0. The van der Waals surface area contributed by atoms with Gasteiger partial charge in [0, 0.05) is 25.3 Å². The first kappa shape index (κ1) is 14.2. The van der Waals surface area contributed by atoms with Crippen LogP contribution in [0.2, 0.25) is 0 Å². The van der Waals surface area contributed by atoms with Crippen LogP contribution in [0.5, 0.6) is 0 Å². The Hall–Kier alpha value is -1.23. The van der Waals surface area contributed by atoms with Gasteiger partial charge in [-0.2, -0.15) is 13.2 Å². The van der Waals surface area contributed by atoms with Crippen molar-refractivity contribution in [3.05, 3.63) is 29.3 Å². The minimum absolute atomic E-state index is 0.374. The topological polar surface area (TPSA) is 15.3 Å². The fourth-order valence-corrected chi connectivity index (χ4v) is 2.67. The summed E-state index contributed by atoms with van der Waals surface area (Å²) in [4.78, 5) is 1.86. The van der Waals surface area contributed by atoms with Crippen LogP contribution in [0.15, 0.2) is 18.2 Å². The molecule has 1 aromatic rings. The number of alkyl halides is 3. The van der Waals surface area contributed by atoms with Gasteiger partial charge < -0.3 is 10.2 Å². The van der Waals surface area contributed by atoms with Crippen LogP contribution in [0, 0.1) is 0 Å². The molecule has 19 heavy (non-hydrogen) atoms. The van der Waals surface area contributed by atoms with Crippen LogP contribution in [0.4, 0.5) is 18.9 Å². The summed E-state index contributed by atoms with van der Waals surface area (Å²) >= 11 is 0.